The molecule has 0 bridgehead atoms. The monoisotopic (exact) mass is 512 g/mol. The van der Waals surface area contributed by atoms with Crippen LogP contribution in [0.4, 0.5) is 0 Å². The van der Waals surface area contributed by atoms with Crippen molar-refractivity contribution >= 4 is 34.9 Å². The lowest BCUT2D eigenvalue weighted by Gasteiger charge is -2.50. The van der Waals surface area contributed by atoms with Gasteiger partial charge >= 0.3 is 0 Å². The zero-order valence-corrected chi connectivity index (χ0v) is 21.8. The molecule has 2 aromatic rings. The number of piperidine rings is 1. The van der Waals surface area contributed by atoms with Crippen LogP contribution in [0.25, 0.3) is 0 Å². The molecule has 0 aliphatic carbocycles. The number of hydrogen-bond acceptors (Lipinski definition) is 6. The number of halogens is 2. The van der Waals surface area contributed by atoms with E-state index >= 15 is 0 Å². The van der Waals surface area contributed by atoms with E-state index in [0.717, 1.165) is 67.7 Å². The summed E-state index contributed by atoms with van der Waals surface area (Å²) in [4.78, 5) is 7.72. The molecule has 2 N–H and O–H groups in total. The molecule has 0 aromatic heterocycles. The summed E-state index contributed by atoms with van der Waals surface area (Å²) >= 11 is 12.3. The Labute approximate surface area is 218 Å². The molecule has 0 amide bonds. The molecule has 2 saturated heterocycles. The molecule has 186 valence electrons. The van der Waals surface area contributed by atoms with Gasteiger partial charge in [0.05, 0.1) is 6.42 Å². The van der Waals surface area contributed by atoms with Crippen molar-refractivity contribution in [1.82, 2.24) is 14.7 Å². The summed E-state index contributed by atoms with van der Waals surface area (Å²) in [6.07, 6.45) is 5.01. The molecule has 0 saturated carbocycles. The van der Waals surface area contributed by atoms with Crippen LogP contribution in [0.3, 0.4) is 0 Å². The first-order chi connectivity index (χ1) is 16.9. The van der Waals surface area contributed by atoms with Crippen molar-refractivity contribution in [2.24, 2.45) is 15.9 Å². The molecule has 1 unspecified atom stereocenters. The van der Waals surface area contributed by atoms with Crippen molar-refractivity contribution in [3.8, 4) is 0 Å². The van der Waals surface area contributed by atoms with Crippen LogP contribution in [0.1, 0.15) is 30.4 Å². The second-order valence-electron chi connectivity index (χ2n) is 10.1. The average molecular weight is 514 g/mol. The second kappa shape index (κ2) is 10.9. The highest BCUT2D eigenvalue weighted by Crippen LogP contribution is 2.28. The standard InChI is InChI=1S/C27H34Cl2N6/c1-33-17-25(15-20-4-8-22(29)9-5-20)35(18-24(33)14-19-2-6-21(28)7-3-19)23-10-12-34(13-11-23)27-16-26(30)31-32-27/h2-9,23-25H,10-18H2,1H3,(H2,30,31)/t24-,25?/m0/s1. The molecule has 3 heterocycles. The molecule has 6 nitrogen and oxygen atoms in total. The highest BCUT2D eigenvalue weighted by molar-refractivity contribution is 6.30. The molecule has 8 heteroatoms. The van der Waals surface area contributed by atoms with Crippen LogP contribution < -0.4 is 5.73 Å². The first-order valence-corrected chi connectivity index (χ1v) is 13.3. The van der Waals surface area contributed by atoms with E-state index in [1.807, 2.05) is 24.3 Å². The summed E-state index contributed by atoms with van der Waals surface area (Å²) in [5.74, 6) is 1.65. The summed E-state index contributed by atoms with van der Waals surface area (Å²) in [5.41, 5.74) is 8.55. The van der Waals surface area contributed by atoms with Gasteiger partial charge in [-0.15, -0.1) is 10.2 Å². The molecular formula is C27H34Cl2N6. The topological polar surface area (TPSA) is 60.5 Å². The van der Waals surface area contributed by atoms with Crippen LogP contribution in [0.5, 0.6) is 0 Å². The Balaban J connectivity index is 1.30. The number of nitrogens with two attached hydrogens (primary N) is 1. The van der Waals surface area contributed by atoms with Gasteiger partial charge in [0.1, 0.15) is 11.7 Å². The average Bonchev–Trinajstić information content (AvgIpc) is 3.30. The highest BCUT2D eigenvalue weighted by atomic mass is 35.5. The van der Waals surface area contributed by atoms with Gasteiger partial charge in [0.2, 0.25) is 0 Å². The van der Waals surface area contributed by atoms with Gasteiger partial charge in [-0.05, 0) is 68.1 Å². The molecule has 0 spiro atoms. The van der Waals surface area contributed by atoms with Crippen molar-refractivity contribution in [1.29, 1.82) is 0 Å². The summed E-state index contributed by atoms with van der Waals surface area (Å²) in [6, 6.07) is 18.2. The first-order valence-electron chi connectivity index (χ1n) is 12.5. The molecule has 35 heavy (non-hydrogen) atoms. The van der Waals surface area contributed by atoms with E-state index in [1.165, 1.54) is 11.1 Å². The number of likely N-dealkylation sites (N-methyl/N-ethyl adjacent to an activating group) is 1. The predicted octanol–water partition coefficient (Wildman–Crippen LogP) is 4.30. The van der Waals surface area contributed by atoms with Crippen molar-refractivity contribution in [3.05, 3.63) is 69.7 Å². The Kier molecular flexibility index (Phi) is 7.63. The van der Waals surface area contributed by atoms with Crippen molar-refractivity contribution in [3.63, 3.8) is 0 Å². The van der Waals surface area contributed by atoms with E-state index in [4.69, 9.17) is 28.9 Å². The van der Waals surface area contributed by atoms with E-state index < -0.39 is 0 Å². The summed E-state index contributed by atoms with van der Waals surface area (Å²) in [6.45, 7) is 4.14. The summed E-state index contributed by atoms with van der Waals surface area (Å²) in [7, 11) is 2.28. The first kappa shape index (κ1) is 24.6. The number of likely N-dealkylation sites (tertiary alicyclic amines) is 1. The zero-order chi connectivity index (χ0) is 24.4. The second-order valence-corrected chi connectivity index (χ2v) is 11.0. The van der Waals surface area contributed by atoms with E-state index in [0.29, 0.717) is 30.4 Å². The lowest BCUT2D eigenvalue weighted by molar-refractivity contribution is -0.000347. The van der Waals surface area contributed by atoms with E-state index in [2.05, 4.69) is 56.2 Å². The zero-order valence-electron chi connectivity index (χ0n) is 20.3. The van der Waals surface area contributed by atoms with Gasteiger partial charge in [0.25, 0.3) is 0 Å². The van der Waals surface area contributed by atoms with E-state index in [-0.39, 0.29) is 0 Å². The van der Waals surface area contributed by atoms with Crippen LogP contribution >= 0.6 is 23.2 Å². The molecule has 0 radical (unpaired) electrons. The molecule has 3 aliphatic heterocycles. The predicted molar refractivity (Wildman–Crippen MR) is 145 cm³/mol. The quantitative estimate of drug-likeness (QED) is 0.648. The van der Waals surface area contributed by atoms with Gasteiger partial charge in [-0.3, -0.25) is 4.90 Å². The number of rotatable bonds is 5. The SMILES string of the molecule is CN1CC(Cc2ccc(Cl)cc2)N(C2CCN(C3=NN=C(N)C3)CC2)C[C@@H]1Cc1ccc(Cl)cc1. The smallest absolute Gasteiger partial charge is 0.135 e. The number of piperazine rings is 1. The third-order valence-corrected chi connectivity index (χ3v) is 8.22. The van der Waals surface area contributed by atoms with Crippen LogP contribution in [0.15, 0.2) is 58.7 Å². The minimum Gasteiger partial charge on any atom is -0.385 e. The minimum atomic E-state index is 0.474. The Bertz CT molecular complexity index is 1060. The van der Waals surface area contributed by atoms with Crippen molar-refractivity contribution in [2.75, 3.05) is 33.2 Å². The number of nitrogens with zero attached hydrogens (tertiary/aromatic N) is 5. The number of benzene rings is 2. The van der Waals surface area contributed by atoms with E-state index in [1.54, 1.807) is 0 Å². The van der Waals surface area contributed by atoms with Crippen LogP contribution in [0.2, 0.25) is 10.0 Å². The van der Waals surface area contributed by atoms with Crippen LogP contribution in [-0.4, -0.2) is 77.7 Å². The number of hydrogen-bond donors (Lipinski definition) is 1. The summed E-state index contributed by atoms with van der Waals surface area (Å²) in [5, 5.41) is 9.92. The van der Waals surface area contributed by atoms with E-state index in [9.17, 15) is 0 Å². The fourth-order valence-electron chi connectivity index (χ4n) is 5.74. The lowest BCUT2D eigenvalue weighted by Crippen LogP contribution is -2.62. The van der Waals surface area contributed by atoms with Gasteiger partial charge in [-0.25, -0.2) is 0 Å². The van der Waals surface area contributed by atoms with Gasteiger partial charge in [0, 0.05) is 54.3 Å². The fourth-order valence-corrected chi connectivity index (χ4v) is 5.99. The van der Waals surface area contributed by atoms with Gasteiger partial charge < -0.3 is 15.5 Å². The third kappa shape index (κ3) is 6.00. The molecule has 3 aliphatic rings. The van der Waals surface area contributed by atoms with Crippen molar-refractivity contribution in [2.45, 2.75) is 50.2 Å². The molecule has 5 rings (SSSR count). The third-order valence-electron chi connectivity index (χ3n) is 7.71. The largest absolute Gasteiger partial charge is 0.385 e. The molecule has 2 atom stereocenters. The lowest BCUT2D eigenvalue weighted by atomic mass is 9.92. The maximum absolute atomic E-state index is 6.15. The fraction of sp³-hybridized carbons (Fsp3) is 0.481. The Morgan fingerprint density at radius 2 is 1.40 bits per heavy atom. The Hall–Kier alpha value is -2.12. The molecular weight excluding hydrogens is 479 g/mol. The number of amidine groups is 2. The maximum Gasteiger partial charge on any atom is 0.135 e. The Morgan fingerprint density at radius 1 is 0.829 bits per heavy atom. The van der Waals surface area contributed by atoms with Gasteiger partial charge in [-0.1, -0.05) is 47.5 Å². The van der Waals surface area contributed by atoms with Crippen LogP contribution in [0, 0.1) is 0 Å². The van der Waals surface area contributed by atoms with Crippen LogP contribution in [-0.2, 0) is 12.8 Å². The molecule has 2 fully saturated rings. The van der Waals surface area contributed by atoms with Gasteiger partial charge in [-0.2, -0.15) is 0 Å². The minimum absolute atomic E-state index is 0.474. The maximum atomic E-state index is 6.15. The normalized spacial score (nSPS) is 24.5. The van der Waals surface area contributed by atoms with Crippen molar-refractivity contribution < 1.29 is 0 Å². The Morgan fingerprint density at radius 3 is 1.94 bits per heavy atom. The van der Waals surface area contributed by atoms with Gasteiger partial charge in [0.15, 0.2) is 0 Å². The molecule has 2 aromatic carbocycles. The highest BCUT2D eigenvalue weighted by Gasteiger charge is 2.37. The summed E-state index contributed by atoms with van der Waals surface area (Å²) < 4.78 is 0.